The predicted octanol–water partition coefficient (Wildman–Crippen LogP) is 2.64. The van der Waals surface area contributed by atoms with Crippen LogP contribution in [0.5, 0.6) is 5.75 Å². The Bertz CT molecular complexity index is 664. The van der Waals surface area contributed by atoms with Crippen LogP contribution in [0.4, 0.5) is 0 Å². The number of phenolic OH excluding ortho intramolecular Hbond substituents is 1. The summed E-state index contributed by atoms with van der Waals surface area (Å²) in [4.78, 5) is 24.1. The van der Waals surface area contributed by atoms with Gasteiger partial charge in [-0.25, -0.2) is 0 Å². The second-order valence-corrected chi connectivity index (χ2v) is 6.39. The molecule has 0 saturated carbocycles. The van der Waals surface area contributed by atoms with Crippen LogP contribution in [0.15, 0.2) is 17.0 Å². The molecule has 1 aliphatic rings. The molecule has 0 unspecified atom stereocenters. The molecule has 1 amide bonds. The van der Waals surface area contributed by atoms with Crippen LogP contribution in [0.1, 0.15) is 11.1 Å². The molecule has 1 heterocycles. The summed E-state index contributed by atoms with van der Waals surface area (Å²) in [6, 6.07) is 3.09. The molecule has 110 valence electrons. The van der Waals surface area contributed by atoms with Crippen molar-refractivity contribution in [1.82, 2.24) is 4.90 Å². The summed E-state index contributed by atoms with van der Waals surface area (Å²) >= 11 is 12.0. The van der Waals surface area contributed by atoms with Crippen molar-refractivity contribution in [3.63, 3.8) is 0 Å². The van der Waals surface area contributed by atoms with Gasteiger partial charge in [-0.1, -0.05) is 35.6 Å². The van der Waals surface area contributed by atoms with Crippen LogP contribution in [0.3, 0.4) is 0 Å². The van der Waals surface area contributed by atoms with Gasteiger partial charge in [0.25, 0.3) is 5.91 Å². The lowest BCUT2D eigenvalue weighted by molar-refractivity contribution is -0.140. The first-order chi connectivity index (χ1) is 9.79. The highest BCUT2D eigenvalue weighted by molar-refractivity contribution is 8.26. The lowest BCUT2D eigenvalue weighted by Gasteiger charge is -2.10. The predicted molar refractivity (Wildman–Crippen MR) is 85.4 cm³/mol. The van der Waals surface area contributed by atoms with Gasteiger partial charge < -0.3 is 10.2 Å². The van der Waals surface area contributed by atoms with E-state index in [0.717, 1.165) is 16.7 Å². The lowest BCUT2D eigenvalue weighted by atomic mass is 10.1. The van der Waals surface area contributed by atoms with E-state index in [1.807, 2.05) is 0 Å². The van der Waals surface area contributed by atoms with Gasteiger partial charge in [0.05, 0.1) is 4.91 Å². The van der Waals surface area contributed by atoms with Gasteiger partial charge in [-0.15, -0.1) is 0 Å². The van der Waals surface area contributed by atoms with Crippen LogP contribution in [-0.2, 0) is 9.59 Å². The largest absolute Gasteiger partial charge is 0.508 e. The van der Waals surface area contributed by atoms with E-state index < -0.39 is 18.4 Å². The third kappa shape index (κ3) is 3.37. The number of rotatable bonds is 3. The number of phenols is 1. The van der Waals surface area contributed by atoms with E-state index >= 15 is 0 Å². The molecule has 0 spiro atoms. The Labute approximate surface area is 135 Å². The van der Waals surface area contributed by atoms with Gasteiger partial charge in [-0.2, -0.15) is 0 Å². The molecule has 1 aromatic carbocycles. The van der Waals surface area contributed by atoms with Crippen molar-refractivity contribution in [2.24, 2.45) is 0 Å². The Morgan fingerprint density at radius 3 is 2.76 bits per heavy atom. The zero-order valence-corrected chi connectivity index (χ0v) is 13.2. The van der Waals surface area contributed by atoms with E-state index in [9.17, 15) is 14.7 Å². The van der Waals surface area contributed by atoms with Gasteiger partial charge in [0.1, 0.15) is 16.6 Å². The third-order valence-electron chi connectivity index (χ3n) is 2.80. The van der Waals surface area contributed by atoms with Crippen molar-refractivity contribution in [3.05, 3.63) is 33.2 Å². The summed E-state index contributed by atoms with van der Waals surface area (Å²) in [5.41, 5.74) is 1.09. The van der Waals surface area contributed by atoms with Crippen molar-refractivity contribution in [1.29, 1.82) is 0 Å². The Morgan fingerprint density at radius 2 is 2.19 bits per heavy atom. The number of aliphatic carboxylic acids is 1. The Hall–Kier alpha value is -1.57. The molecular weight excluding hydrogens is 334 g/mol. The van der Waals surface area contributed by atoms with Crippen molar-refractivity contribution in [2.45, 2.75) is 6.92 Å². The van der Waals surface area contributed by atoms with Crippen LogP contribution in [-0.4, -0.2) is 37.9 Å². The number of hydrogen-bond acceptors (Lipinski definition) is 5. The summed E-state index contributed by atoms with van der Waals surface area (Å²) in [6.07, 6.45) is 1.52. The van der Waals surface area contributed by atoms with Gasteiger partial charge >= 0.3 is 5.97 Å². The van der Waals surface area contributed by atoms with Gasteiger partial charge in [0.2, 0.25) is 0 Å². The lowest BCUT2D eigenvalue weighted by Crippen LogP contribution is -2.33. The molecule has 2 N–H and O–H groups in total. The topological polar surface area (TPSA) is 77.8 Å². The Kier molecular flexibility index (Phi) is 4.55. The molecule has 0 radical (unpaired) electrons. The molecule has 2 rings (SSSR count). The molecule has 1 fully saturated rings. The smallest absolute Gasteiger partial charge is 0.323 e. The number of carboxylic acids is 1. The fourth-order valence-corrected chi connectivity index (χ4v) is 3.17. The minimum absolute atomic E-state index is 0.0229. The Morgan fingerprint density at radius 1 is 1.52 bits per heavy atom. The van der Waals surface area contributed by atoms with E-state index in [1.54, 1.807) is 13.0 Å². The van der Waals surface area contributed by atoms with E-state index in [2.05, 4.69) is 0 Å². The molecule has 0 bridgehead atoms. The van der Waals surface area contributed by atoms with Crippen LogP contribution in [0.25, 0.3) is 6.08 Å². The number of nitrogens with zero attached hydrogens (tertiary/aromatic N) is 1. The zero-order valence-electron chi connectivity index (χ0n) is 10.8. The molecule has 0 aliphatic carbocycles. The number of benzene rings is 1. The molecule has 0 atom stereocenters. The first kappa shape index (κ1) is 15.8. The molecule has 21 heavy (non-hydrogen) atoms. The maximum Gasteiger partial charge on any atom is 0.323 e. The molecule has 8 heteroatoms. The van der Waals surface area contributed by atoms with Crippen molar-refractivity contribution < 1.29 is 19.8 Å². The molecule has 0 aromatic heterocycles. The maximum atomic E-state index is 12.1. The van der Waals surface area contributed by atoms with Crippen LogP contribution >= 0.6 is 35.6 Å². The monoisotopic (exact) mass is 343 g/mol. The number of thiocarbonyl (C=S) groups is 1. The van der Waals surface area contributed by atoms with E-state index in [0.29, 0.717) is 21.1 Å². The number of hydrogen-bond donors (Lipinski definition) is 2. The fourth-order valence-electron chi connectivity index (χ4n) is 1.69. The maximum absolute atomic E-state index is 12.1. The fraction of sp³-hybridized carbons (Fsp3) is 0.154. The summed E-state index contributed by atoms with van der Waals surface area (Å²) in [6.45, 7) is 1.20. The average molecular weight is 344 g/mol. The van der Waals surface area contributed by atoms with Crippen molar-refractivity contribution in [3.8, 4) is 5.75 Å². The van der Waals surface area contributed by atoms with Crippen molar-refractivity contribution in [2.75, 3.05) is 6.54 Å². The normalized spacial score (nSPS) is 16.9. The van der Waals surface area contributed by atoms with E-state index in [1.165, 1.54) is 12.1 Å². The molecule has 1 saturated heterocycles. The molecule has 5 nitrogen and oxygen atoms in total. The second-order valence-electron chi connectivity index (χ2n) is 4.31. The highest BCUT2D eigenvalue weighted by Crippen LogP contribution is 2.34. The average Bonchev–Trinajstić information content (AvgIpc) is 2.63. The van der Waals surface area contributed by atoms with Gasteiger partial charge in [0.15, 0.2) is 0 Å². The van der Waals surface area contributed by atoms with E-state index in [4.69, 9.17) is 28.9 Å². The first-order valence-corrected chi connectivity index (χ1v) is 7.36. The van der Waals surface area contributed by atoms with Crippen LogP contribution in [0.2, 0.25) is 5.02 Å². The molecule has 1 aliphatic heterocycles. The number of amides is 1. The minimum Gasteiger partial charge on any atom is -0.508 e. The van der Waals surface area contributed by atoms with Gasteiger partial charge in [-0.05, 0) is 30.7 Å². The number of aromatic hydroxyl groups is 1. The standard InChI is InChI=1S/C13H10ClNO4S2/c1-6-8(14)2-7(3-9(6)16)4-10-12(19)15(5-11(17)18)13(20)21-10/h2-4,16H,5H2,1H3,(H,17,18)/b10-4-. The minimum atomic E-state index is -1.14. The highest BCUT2D eigenvalue weighted by Gasteiger charge is 2.33. The summed E-state index contributed by atoms with van der Waals surface area (Å²) in [5, 5.41) is 18.9. The zero-order chi connectivity index (χ0) is 15.7. The first-order valence-electron chi connectivity index (χ1n) is 5.76. The number of thioether (sulfide) groups is 1. The van der Waals surface area contributed by atoms with Gasteiger partial charge in [0, 0.05) is 10.6 Å². The third-order valence-corrected chi connectivity index (χ3v) is 4.57. The van der Waals surface area contributed by atoms with Crippen LogP contribution < -0.4 is 0 Å². The highest BCUT2D eigenvalue weighted by atomic mass is 35.5. The van der Waals surface area contributed by atoms with E-state index in [-0.39, 0.29) is 10.1 Å². The Balaban J connectivity index is 2.33. The van der Waals surface area contributed by atoms with Crippen molar-refractivity contribution >= 4 is 57.9 Å². The summed E-state index contributed by atoms with van der Waals surface area (Å²) in [7, 11) is 0. The number of carbonyl (C=O) groups is 2. The number of halogens is 1. The summed E-state index contributed by atoms with van der Waals surface area (Å²) < 4.78 is 0.191. The van der Waals surface area contributed by atoms with Gasteiger partial charge in [-0.3, -0.25) is 14.5 Å². The molecular formula is C13H10ClNO4S2. The number of carboxylic acid groups (broad SMARTS) is 1. The SMILES string of the molecule is Cc1c(O)cc(/C=C2\SC(=S)N(CC(=O)O)C2=O)cc1Cl. The quantitative estimate of drug-likeness (QED) is 0.649. The molecule has 1 aromatic rings. The van der Waals surface area contributed by atoms with Crippen LogP contribution in [0, 0.1) is 6.92 Å². The second kappa shape index (κ2) is 6.05. The summed E-state index contributed by atoms with van der Waals surface area (Å²) in [5.74, 6) is -1.58. The number of carbonyl (C=O) groups excluding carboxylic acids is 1.